The average molecular weight is 569 g/mol. The Morgan fingerprint density at radius 2 is 1.71 bits per heavy atom. The van der Waals surface area contributed by atoms with Crippen molar-refractivity contribution in [2.45, 2.75) is 50.9 Å². The van der Waals surface area contributed by atoms with Gasteiger partial charge in [0, 0.05) is 29.8 Å². The third kappa shape index (κ3) is 6.06. The van der Waals surface area contributed by atoms with Crippen LogP contribution in [0.25, 0.3) is 11.0 Å². The fourth-order valence-electron chi connectivity index (χ4n) is 5.89. The summed E-state index contributed by atoms with van der Waals surface area (Å²) in [4.78, 5) is 24.0. The van der Waals surface area contributed by atoms with Crippen LogP contribution < -0.4 is 5.32 Å². The van der Waals surface area contributed by atoms with Crippen LogP contribution in [-0.4, -0.2) is 62.8 Å². The van der Waals surface area contributed by atoms with Gasteiger partial charge in [-0.25, -0.2) is 4.98 Å². The van der Waals surface area contributed by atoms with E-state index in [4.69, 9.17) is 9.47 Å². The van der Waals surface area contributed by atoms with Gasteiger partial charge in [-0.2, -0.15) is 0 Å². The Morgan fingerprint density at radius 3 is 2.45 bits per heavy atom. The number of para-hydroxylation sites is 2. The first-order chi connectivity index (χ1) is 20.5. The van der Waals surface area contributed by atoms with Crippen molar-refractivity contribution in [3.63, 3.8) is 0 Å². The van der Waals surface area contributed by atoms with Gasteiger partial charge in [0.1, 0.15) is 5.69 Å². The number of likely N-dealkylation sites (tertiary alicyclic amines) is 1. The number of amides is 1. The van der Waals surface area contributed by atoms with Crippen LogP contribution in [0.1, 0.15) is 59.3 Å². The van der Waals surface area contributed by atoms with Crippen LogP contribution in [0.5, 0.6) is 0 Å². The van der Waals surface area contributed by atoms with Crippen LogP contribution >= 0.6 is 0 Å². The maximum Gasteiger partial charge on any atom is 0.275 e. The average Bonchev–Trinajstić information content (AvgIpc) is 3.49. The number of aromatic nitrogens is 2. The summed E-state index contributed by atoms with van der Waals surface area (Å²) in [6, 6.07) is 22.9. The number of hydrogen-bond donors (Lipinski definition) is 3. The fourth-order valence-corrected chi connectivity index (χ4v) is 5.89. The Kier molecular flexibility index (Phi) is 8.55. The van der Waals surface area contributed by atoms with Crippen LogP contribution in [0.3, 0.4) is 0 Å². The molecule has 2 fully saturated rings. The lowest BCUT2D eigenvalue weighted by atomic mass is 9.90. The molecular formula is C33H36N4O5. The van der Waals surface area contributed by atoms with Gasteiger partial charge in [-0.05, 0) is 54.8 Å². The molecule has 42 heavy (non-hydrogen) atoms. The van der Waals surface area contributed by atoms with Gasteiger partial charge < -0.3 is 25.0 Å². The first kappa shape index (κ1) is 28.4. The van der Waals surface area contributed by atoms with Gasteiger partial charge in [0.15, 0.2) is 6.29 Å². The number of benzene rings is 3. The zero-order valence-corrected chi connectivity index (χ0v) is 23.6. The van der Waals surface area contributed by atoms with Crippen LogP contribution in [0, 0.1) is 5.92 Å². The molecule has 0 radical (unpaired) electrons. The topological polar surface area (TPSA) is 117 Å². The molecule has 6 rings (SSSR count). The van der Waals surface area contributed by atoms with Crippen LogP contribution in [0.4, 0.5) is 5.69 Å². The lowest BCUT2D eigenvalue weighted by Gasteiger charge is -2.43. The number of anilines is 1. The highest BCUT2D eigenvalue weighted by atomic mass is 16.7. The lowest BCUT2D eigenvalue weighted by Crippen LogP contribution is -2.46. The van der Waals surface area contributed by atoms with Gasteiger partial charge in [-0.3, -0.25) is 14.7 Å². The molecule has 9 heteroatoms. The number of rotatable bonds is 8. The van der Waals surface area contributed by atoms with E-state index in [1.165, 1.54) is 6.20 Å². The van der Waals surface area contributed by atoms with Gasteiger partial charge in [-0.1, -0.05) is 55.5 Å². The number of fused-ring (bicyclic) bond motifs is 1. The Balaban J connectivity index is 1.20. The van der Waals surface area contributed by atoms with Crippen molar-refractivity contribution in [3.05, 3.63) is 101 Å². The van der Waals surface area contributed by atoms with E-state index in [1.54, 1.807) is 0 Å². The normalized spacial score (nSPS) is 24.6. The molecule has 3 N–H and O–H groups in total. The number of carbonyl (C=O) groups is 1. The zero-order valence-electron chi connectivity index (χ0n) is 23.6. The number of ether oxygens (including phenoxy) is 2. The van der Waals surface area contributed by atoms with Gasteiger partial charge in [0.2, 0.25) is 0 Å². The van der Waals surface area contributed by atoms with Crippen LogP contribution in [-0.2, 0) is 16.1 Å². The minimum Gasteiger partial charge on any atom is -0.395 e. The quantitative estimate of drug-likeness (QED) is 0.282. The molecule has 3 heterocycles. The molecule has 9 nitrogen and oxygen atoms in total. The lowest BCUT2D eigenvalue weighted by molar-refractivity contribution is -0.276. The predicted molar refractivity (Wildman–Crippen MR) is 159 cm³/mol. The van der Waals surface area contributed by atoms with Gasteiger partial charge in [0.05, 0.1) is 42.7 Å². The minimum absolute atomic E-state index is 0.0104. The maximum atomic E-state index is 12.9. The first-order valence-corrected chi connectivity index (χ1v) is 14.5. The molecule has 2 aliphatic rings. The number of carbonyl (C=O) groups excluding carboxylic acids is 1. The highest BCUT2D eigenvalue weighted by molar-refractivity contribution is 6.03. The molecule has 5 unspecified atom stereocenters. The molecule has 2 aliphatic heterocycles. The fraction of sp³-hybridized carbons (Fsp3) is 0.364. The van der Waals surface area contributed by atoms with Crippen LogP contribution in [0.2, 0.25) is 0 Å². The number of hydrogen-bond acceptors (Lipinski definition) is 8. The van der Waals surface area contributed by atoms with E-state index in [-0.39, 0.29) is 49.0 Å². The zero-order chi connectivity index (χ0) is 29.1. The van der Waals surface area contributed by atoms with Crippen molar-refractivity contribution in [2.75, 3.05) is 25.0 Å². The summed E-state index contributed by atoms with van der Waals surface area (Å²) >= 11 is 0. The second-order valence-corrected chi connectivity index (χ2v) is 11.1. The van der Waals surface area contributed by atoms with Gasteiger partial charge in [-0.15, -0.1) is 0 Å². The van der Waals surface area contributed by atoms with Crippen molar-refractivity contribution >= 4 is 22.6 Å². The summed E-state index contributed by atoms with van der Waals surface area (Å²) in [7, 11) is 0. The van der Waals surface area contributed by atoms with E-state index >= 15 is 0 Å². The Labute approximate surface area is 245 Å². The SMILES string of the molecule is CC1C(CN2CCCC2CO)OC(c2ccc(NC(=O)c3cnc4ccccc4n3)cc2)OC1c1ccc(CO)cc1. The van der Waals surface area contributed by atoms with E-state index < -0.39 is 6.29 Å². The first-order valence-electron chi connectivity index (χ1n) is 14.5. The van der Waals surface area contributed by atoms with Crippen LogP contribution in [0.15, 0.2) is 79.0 Å². The van der Waals surface area contributed by atoms with E-state index in [0.717, 1.165) is 41.6 Å². The predicted octanol–water partition coefficient (Wildman–Crippen LogP) is 4.62. The summed E-state index contributed by atoms with van der Waals surface area (Å²) < 4.78 is 13.1. The van der Waals surface area contributed by atoms with Crippen molar-refractivity contribution < 1.29 is 24.5 Å². The van der Waals surface area contributed by atoms with E-state index in [9.17, 15) is 15.0 Å². The number of aliphatic hydroxyl groups excluding tert-OH is 2. The molecule has 0 saturated carbocycles. The summed E-state index contributed by atoms with van der Waals surface area (Å²) in [6.45, 7) is 3.92. The number of aliphatic hydroxyl groups is 2. The number of nitrogens with one attached hydrogen (secondary N) is 1. The van der Waals surface area contributed by atoms with Crippen molar-refractivity contribution in [3.8, 4) is 0 Å². The molecule has 3 aromatic carbocycles. The van der Waals surface area contributed by atoms with Gasteiger partial charge >= 0.3 is 0 Å². The number of nitrogens with zero attached hydrogens (tertiary/aromatic N) is 3. The summed E-state index contributed by atoms with van der Waals surface area (Å²) in [5.41, 5.74) is 4.98. The molecule has 2 saturated heterocycles. The van der Waals surface area contributed by atoms with Crippen molar-refractivity contribution in [1.29, 1.82) is 0 Å². The molecule has 0 bridgehead atoms. The third-order valence-electron chi connectivity index (χ3n) is 8.37. The Morgan fingerprint density at radius 1 is 0.976 bits per heavy atom. The second kappa shape index (κ2) is 12.6. The van der Waals surface area contributed by atoms with E-state index in [1.807, 2.05) is 72.8 Å². The van der Waals surface area contributed by atoms with E-state index in [0.29, 0.717) is 17.7 Å². The summed E-state index contributed by atoms with van der Waals surface area (Å²) in [5.74, 6) is -0.279. The summed E-state index contributed by atoms with van der Waals surface area (Å²) in [5, 5.41) is 22.3. The molecule has 218 valence electrons. The highest BCUT2D eigenvalue weighted by Gasteiger charge is 2.40. The summed E-state index contributed by atoms with van der Waals surface area (Å²) in [6.07, 6.45) is 2.58. The van der Waals surface area contributed by atoms with Gasteiger partial charge in [0.25, 0.3) is 5.91 Å². The van der Waals surface area contributed by atoms with Crippen molar-refractivity contribution in [1.82, 2.24) is 14.9 Å². The standard InChI is InChI=1S/C33H36N4O5/c1-21-30(18-37-16-4-5-26(37)20-39)41-33(42-31(21)23-10-8-22(19-38)9-11-23)24-12-14-25(15-13-24)35-32(40)29-17-34-27-6-2-3-7-28(27)36-29/h2-3,6-15,17,21,26,30-31,33,38-39H,4-5,16,18-20H2,1H3,(H,35,40). The molecule has 4 aromatic rings. The maximum absolute atomic E-state index is 12.9. The monoisotopic (exact) mass is 568 g/mol. The van der Waals surface area contributed by atoms with E-state index in [2.05, 4.69) is 27.1 Å². The second-order valence-electron chi connectivity index (χ2n) is 11.1. The molecule has 0 spiro atoms. The molecule has 1 amide bonds. The third-order valence-corrected chi connectivity index (χ3v) is 8.37. The molecule has 5 atom stereocenters. The minimum atomic E-state index is -0.611. The molecular weight excluding hydrogens is 532 g/mol. The molecule has 1 aromatic heterocycles. The Bertz CT molecular complexity index is 1510. The molecule has 0 aliphatic carbocycles. The smallest absolute Gasteiger partial charge is 0.275 e. The largest absolute Gasteiger partial charge is 0.395 e. The van der Waals surface area contributed by atoms with Crippen molar-refractivity contribution in [2.24, 2.45) is 5.92 Å². The highest BCUT2D eigenvalue weighted by Crippen LogP contribution is 2.42. The Hall–Kier alpha value is -3.73.